The van der Waals surface area contributed by atoms with Gasteiger partial charge in [-0.2, -0.15) is 0 Å². The van der Waals surface area contributed by atoms with Crippen LogP contribution < -0.4 is 0 Å². The van der Waals surface area contributed by atoms with Gasteiger partial charge in [0, 0.05) is 35.5 Å². The molecule has 2 aromatic rings. The van der Waals surface area contributed by atoms with Crippen molar-refractivity contribution in [1.82, 2.24) is 4.98 Å². The number of ketones is 2. The number of aromatic amines is 1. The molecule has 118 valence electrons. The summed E-state index contributed by atoms with van der Waals surface area (Å²) >= 11 is 0. The van der Waals surface area contributed by atoms with E-state index in [1.165, 1.54) is 13.1 Å². The first-order chi connectivity index (χ1) is 10.9. The molecule has 0 aliphatic heterocycles. The quantitative estimate of drug-likeness (QED) is 0.431. The zero-order valence-electron chi connectivity index (χ0n) is 12.4. The summed E-state index contributed by atoms with van der Waals surface area (Å²) in [6, 6.07) is 8.72. The van der Waals surface area contributed by atoms with Crippen molar-refractivity contribution in [3.8, 4) is 0 Å². The van der Waals surface area contributed by atoms with Crippen molar-refractivity contribution in [2.75, 3.05) is 0 Å². The van der Waals surface area contributed by atoms with Crippen LogP contribution in [0.4, 0.5) is 0 Å². The van der Waals surface area contributed by atoms with Crippen molar-refractivity contribution >= 4 is 17.5 Å². The number of aromatic nitrogens is 1. The van der Waals surface area contributed by atoms with Gasteiger partial charge >= 0.3 is 5.97 Å². The number of allylic oxidation sites excluding steroid dienone is 1. The predicted octanol–water partition coefficient (Wildman–Crippen LogP) is 2.52. The lowest BCUT2D eigenvalue weighted by atomic mass is 10.1. The number of aliphatic carboxylic acids is 1. The number of aliphatic hydroxyl groups is 1. The molecule has 6 heteroatoms. The second-order valence-electron chi connectivity index (χ2n) is 5.04. The number of nitrogens with one attached hydrogen (secondary N) is 1. The molecule has 0 fully saturated rings. The van der Waals surface area contributed by atoms with Crippen LogP contribution in [0.3, 0.4) is 0 Å². The molecule has 1 heterocycles. The molecule has 0 saturated carbocycles. The van der Waals surface area contributed by atoms with E-state index in [2.05, 4.69) is 4.98 Å². The maximum atomic E-state index is 11.8. The summed E-state index contributed by atoms with van der Waals surface area (Å²) in [5, 5.41) is 17.6. The molecule has 0 saturated heterocycles. The van der Waals surface area contributed by atoms with Gasteiger partial charge in [0.25, 0.3) is 0 Å². The summed E-state index contributed by atoms with van der Waals surface area (Å²) in [4.78, 5) is 36.4. The first-order valence-electron chi connectivity index (χ1n) is 6.82. The Bertz CT molecular complexity index is 784. The van der Waals surface area contributed by atoms with Gasteiger partial charge in [0.2, 0.25) is 5.76 Å². The molecule has 0 aliphatic rings. The van der Waals surface area contributed by atoms with E-state index in [4.69, 9.17) is 10.2 Å². The topological polar surface area (TPSA) is 107 Å². The van der Waals surface area contributed by atoms with Crippen LogP contribution in [0.1, 0.15) is 38.9 Å². The molecular formula is C17H15NO5. The lowest BCUT2D eigenvalue weighted by Gasteiger charge is -2.00. The summed E-state index contributed by atoms with van der Waals surface area (Å²) in [6.45, 7) is 1.50. The third-order valence-electron chi connectivity index (χ3n) is 3.27. The number of benzene rings is 1. The number of aliphatic hydroxyl groups excluding tert-OH is 1. The van der Waals surface area contributed by atoms with Gasteiger partial charge in [0.05, 0.1) is 0 Å². The lowest BCUT2D eigenvalue weighted by molar-refractivity contribution is -0.135. The largest absolute Gasteiger partial charge is 0.502 e. The van der Waals surface area contributed by atoms with Crippen molar-refractivity contribution in [3.63, 3.8) is 0 Å². The fraction of sp³-hybridized carbons (Fsp3) is 0.118. The average molecular weight is 313 g/mol. The zero-order chi connectivity index (χ0) is 17.0. The van der Waals surface area contributed by atoms with Crippen LogP contribution in [-0.4, -0.2) is 32.7 Å². The van der Waals surface area contributed by atoms with Crippen molar-refractivity contribution in [2.24, 2.45) is 0 Å². The molecule has 23 heavy (non-hydrogen) atoms. The Hall–Kier alpha value is -3.15. The highest BCUT2D eigenvalue weighted by atomic mass is 16.4. The molecule has 0 aliphatic carbocycles. The van der Waals surface area contributed by atoms with E-state index >= 15 is 0 Å². The van der Waals surface area contributed by atoms with Crippen LogP contribution in [0.2, 0.25) is 0 Å². The normalized spacial score (nSPS) is 11.3. The lowest BCUT2D eigenvalue weighted by Crippen LogP contribution is -2.03. The van der Waals surface area contributed by atoms with Crippen molar-refractivity contribution < 1.29 is 24.6 Å². The van der Waals surface area contributed by atoms with Crippen LogP contribution in [0.15, 0.2) is 48.4 Å². The Morgan fingerprint density at radius 3 is 2.30 bits per heavy atom. The van der Waals surface area contributed by atoms with Crippen LogP contribution in [0.25, 0.3) is 0 Å². The van der Waals surface area contributed by atoms with E-state index in [0.29, 0.717) is 18.1 Å². The molecule has 3 N–H and O–H groups in total. The standard InChI is InChI=1S/C17H15NO5/c1-10(19)12-4-2-11(3-5-12)6-14-7-13(9-18-14)15(20)8-16(21)17(22)23/h2-5,7-9,18,21H,6H2,1H3,(H,22,23)/b16-8-. The Labute approximate surface area is 132 Å². The molecule has 1 aromatic heterocycles. The van der Waals surface area contributed by atoms with E-state index in [-0.39, 0.29) is 11.3 Å². The van der Waals surface area contributed by atoms with Crippen LogP contribution in [0, 0.1) is 0 Å². The number of H-pyrrole nitrogens is 1. The highest BCUT2D eigenvalue weighted by Crippen LogP contribution is 2.13. The summed E-state index contributed by atoms with van der Waals surface area (Å²) in [5.41, 5.74) is 2.60. The third-order valence-corrected chi connectivity index (χ3v) is 3.27. The van der Waals surface area contributed by atoms with Crippen LogP contribution >= 0.6 is 0 Å². The molecule has 1 aromatic carbocycles. The monoisotopic (exact) mass is 313 g/mol. The van der Waals surface area contributed by atoms with E-state index in [1.807, 2.05) is 12.1 Å². The van der Waals surface area contributed by atoms with Gasteiger partial charge in [-0.05, 0) is 18.6 Å². The molecule has 6 nitrogen and oxygen atoms in total. The number of hydrogen-bond acceptors (Lipinski definition) is 4. The van der Waals surface area contributed by atoms with Crippen LogP contribution in [-0.2, 0) is 11.2 Å². The molecule has 0 unspecified atom stereocenters. The van der Waals surface area contributed by atoms with Gasteiger partial charge in [0.1, 0.15) is 0 Å². The average Bonchev–Trinajstić information content (AvgIpc) is 2.96. The fourth-order valence-electron chi connectivity index (χ4n) is 2.03. The number of carbonyl (C=O) groups is 3. The number of Topliss-reactive ketones (excluding diaryl/α,β-unsaturated/α-hetero) is 1. The van der Waals surface area contributed by atoms with E-state index < -0.39 is 17.5 Å². The van der Waals surface area contributed by atoms with Crippen molar-refractivity contribution in [2.45, 2.75) is 13.3 Å². The minimum Gasteiger partial charge on any atom is -0.502 e. The van der Waals surface area contributed by atoms with Gasteiger partial charge < -0.3 is 15.2 Å². The van der Waals surface area contributed by atoms with Crippen molar-refractivity contribution in [1.29, 1.82) is 0 Å². The molecule has 0 atom stereocenters. The molecule has 0 spiro atoms. The van der Waals surface area contributed by atoms with Gasteiger partial charge in [-0.25, -0.2) is 4.79 Å². The van der Waals surface area contributed by atoms with E-state index in [9.17, 15) is 14.4 Å². The summed E-state index contributed by atoms with van der Waals surface area (Å²) in [6.07, 6.45) is 2.64. The highest BCUT2D eigenvalue weighted by Gasteiger charge is 2.11. The smallest absolute Gasteiger partial charge is 0.371 e. The molecule has 0 bridgehead atoms. The fourth-order valence-corrected chi connectivity index (χ4v) is 2.03. The number of carboxylic acid groups (broad SMARTS) is 1. The van der Waals surface area contributed by atoms with Crippen molar-refractivity contribution in [3.05, 3.63) is 70.7 Å². The highest BCUT2D eigenvalue weighted by molar-refractivity contribution is 6.07. The molecular weight excluding hydrogens is 298 g/mol. The Morgan fingerprint density at radius 2 is 1.74 bits per heavy atom. The van der Waals surface area contributed by atoms with Gasteiger partial charge in [-0.3, -0.25) is 9.59 Å². The predicted molar refractivity (Wildman–Crippen MR) is 82.7 cm³/mol. The van der Waals surface area contributed by atoms with Gasteiger partial charge in [-0.1, -0.05) is 24.3 Å². The summed E-state index contributed by atoms with van der Waals surface area (Å²) < 4.78 is 0. The van der Waals surface area contributed by atoms with E-state index in [1.54, 1.807) is 18.2 Å². The maximum Gasteiger partial charge on any atom is 0.371 e. The first kappa shape index (κ1) is 16.2. The molecule has 2 rings (SSSR count). The van der Waals surface area contributed by atoms with Crippen LogP contribution in [0.5, 0.6) is 0 Å². The van der Waals surface area contributed by atoms with Gasteiger partial charge in [-0.15, -0.1) is 0 Å². The zero-order valence-corrected chi connectivity index (χ0v) is 12.4. The number of rotatable bonds is 6. The minimum absolute atomic E-state index is 0.00525. The Kier molecular flexibility index (Phi) is 4.75. The summed E-state index contributed by atoms with van der Waals surface area (Å²) in [7, 11) is 0. The van der Waals surface area contributed by atoms with E-state index in [0.717, 1.165) is 11.3 Å². The first-order valence-corrected chi connectivity index (χ1v) is 6.82. The number of carboxylic acids is 1. The number of carbonyl (C=O) groups excluding carboxylic acids is 2. The third kappa shape index (κ3) is 4.16. The molecule has 0 amide bonds. The van der Waals surface area contributed by atoms with Gasteiger partial charge in [0.15, 0.2) is 11.6 Å². The Balaban J connectivity index is 2.10. The molecule has 0 radical (unpaired) electrons. The minimum atomic E-state index is -1.56. The Morgan fingerprint density at radius 1 is 1.09 bits per heavy atom. The maximum absolute atomic E-state index is 11.8. The number of hydrogen-bond donors (Lipinski definition) is 3. The SMILES string of the molecule is CC(=O)c1ccc(Cc2cc(C(=O)/C=C(\O)C(=O)O)c[nH]2)cc1. The second-order valence-corrected chi connectivity index (χ2v) is 5.04. The second kappa shape index (κ2) is 6.74. The summed E-state index contributed by atoms with van der Waals surface area (Å²) in [5.74, 6) is -3.16.